The van der Waals surface area contributed by atoms with Gasteiger partial charge in [-0.3, -0.25) is 0 Å². The summed E-state index contributed by atoms with van der Waals surface area (Å²) in [5.74, 6) is 0.611. The molecule has 3 heteroatoms. The Morgan fingerprint density at radius 2 is 0.982 bits per heavy atom. The Morgan fingerprint density at radius 3 is 1.75 bits per heavy atom. The van der Waals surface area contributed by atoms with Crippen molar-refractivity contribution in [2.75, 3.05) is 4.90 Å². The second-order valence-corrected chi connectivity index (χ2v) is 14.7. The monoisotopic (exact) mass is 728 g/mol. The molecule has 1 heterocycles. The second-order valence-electron chi connectivity index (χ2n) is 14.7. The highest BCUT2D eigenvalue weighted by Crippen LogP contribution is 2.57. The quantitative estimate of drug-likeness (QED) is 0.164. The highest BCUT2D eigenvalue weighted by molar-refractivity contribution is 5.97. The molecule has 10 aromatic rings. The lowest BCUT2D eigenvalue weighted by Crippen LogP contribution is -2.28. The summed E-state index contributed by atoms with van der Waals surface area (Å²) < 4.78 is 6.29. The van der Waals surface area contributed by atoms with Crippen molar-refractivity contribution in [1.82, 2.24) is 4.98 Å². The SMILES string of the molecule is c1ccc(-c2nc3cc(N(c4ccc(-c5cccc6ccccc56)cc4)c4ccc5c(c4)C(c4ccccc4)(c4ccccc4)c4ccccc4-5)ccc3o2)cc1. The average molecular weight is 729 g/mol. The fraction of sp³-hybridized carbons (Fsp3) is 0.0185. The summed E-state index contributed by atoms with van der Waals surface area (Å²) in [6, 6.07) is 78.4. The fourth-order valence-corrected chi connectivity index (χ4v) is 9.05. The van der Waals surface area contributed by atoms with E-state index >= 15 is 0 Å². The summed E-state index contributed by atoms with van der Waals surface area (Å²) in [5, 5.41) is 2.47. The Bertz CT molecular complexity index is 3020. The van der Waals surface area contributed by atoms with Crippen LogP contribution in [0.25, 0.3) is 55.6 Å². The molecule has 1 aliphatic carbocycles. The summed E-state index contributed by atoms with van der Waals surface area (Å²) in [7, 11) is 0. The molecule has 1 aromatic heterocycles. The molecule has 0 fully saturated rings. The van der Waals surface area contributed by atoms with Gasteiger partial charge in [-0.1, -0.05) is 164 Å². The van der Waals surface area contributed by atoms with Crippen LogP contribution in [0.2, 0.25) is 0 Å². The number of benzene rings is 9. The second kappa shape index (κ2) is 13.4. The lowest BCUT2D eigenvalue weighted by atomic mass is 9.67. The molecule has 9 aromatic carbocycles. The minimum atomic E-state index is -0.519. The van der Waals surface area contributed by atoms with Crippen molar-refractivity contribution < 1.29 is 4.42 Å². The third-order valence-electron chi connectivity index (χ3n) is 11.6. The van der Waals surface area contributed by atoms with Gasteiger partial charge in [0.2, 0.25) is 5.89 Å². The van der Waals surface area contributed by atoms with Gasteiger partial charge in [0.25, 0.3) is 0 Å². The number of hydrogen-bond acceptors (Lipinski definition) is 3. The first-order valence-corrected chi connectivity index (χ1v) is 19.5. The van der Waals surface area contributed by atoms with E-state index in [9.17, 15) is 0 Å². The molecular formula is C54H36N2O. The minimum absolute atomic E-state index is 0.519. The molecule has 57 heavy (non-hydrogen) atoms. The van der Waals surface area contributed by atoms with E-state index < -0.39 is 5.41 Å². The topological polar surface area (TPSA) is 29.3 Å². The predicted molar refractivity (Wildman–Crippen MR) is 234 cm³/mol. The molecule has 0 spiro atoms. The molecule has 0 atom stereocenters. The van der Waals surface area contributed by atoms with Gasteiger partial charge in [0.1, 0.15) is 5.52 Å². The molecule has 0 radical (unpaired) electrons. The van der Waals surface area contributed by atoms with Crippen molar-refractivity contribution in [2.24, 2.45) is 0 Å². The zero-order valence-electron chi connectivity index (χ0n) is 31.1. The standard InChI is InChI=1S/C54H36N2O/c1-4-16-39(17-5-1)53-55-51-36-44(32-34-52(51)57-53)56(42-29-27-38(28-30-42)46-25-14-18-37-15-10-11-23-45(37)46)43-31-33-48-47-24-12-13-26-49(47)54(50(48)35-43,40-19-6-2-7-20-40)41-21-8-3-9-22-41/h1-36H. The highest BCUT2D eigenvalue weighted by Gasteiger charge is 2.46. The molecule has 3 nitrogen and oxygen atoms in total. The van der Waals surface area contributed by atoms with Crippen LogP contribution in [0.5, 0.6) is 0 Å². The summed E-state index contributed by atoms with van der Waals surface area (Å²) in [5.41, 5.74) is 15.0. The lowest BCUT2D eigenvalue weighted by Gasteiger charge is -2.35. The van der Waals surface area contributed by atoms with E-state index in [4.69, 9.17) is 9.40 Å². The minimum Gasteiger partial charge on any atom is -0.436 e. The normalized spacial score (nSPS) is 12.7. The van der Waals surface area contributed by atoms with Crippen LogP contribution in [0.15, 0.2) is 223 Å². The number of rotatable bonds is 7. The van der Waals surface area contributed by atoms with Crippen molar-refractivity contribution >= 4 is 38.9 Å². The number of anilines is 3. The van der Waals surface area contributed by atoms with Crippen LogP contribution in [-0.4, -0.2) is 4.98 Å². The van der Waals surface area contributed by atoms with Crippen LogP contribution in [0.4, 0.5) is 17.1 Å². The largest absolute Gasteiger partial charge is 0.436 e. The van der Waals surface area contributed by atoms with Gasteiger partial charge in [-0.15, -0.1) is 0 Å². The van der Waals surface area contributed by atoms with Crippen LogP contribution in [0, 0.1) is 0 Å². The Labute approximate surface area is 331 Å². The van der Waals surface area contributed by atoms with Crippen LogP contribution >= 0.6 is 0 Å². The zero-order valence-corrected chi connectivity index (χ0v) is 31.1. The van der Waals surface area contributed by atoms with Crippen LogP contribution < -0.4 is 4.90 Å². The average Bonchev–Trinajstić information content (AvgIpc) is 3.85. The van der Waals surface area contributed by atoms with Crippen molar-refractivity contribution in [2.45, 2.75) is 5.41 Å². The first-order valence-electron chi connectivity index (χ1n) is 19.5. The summed E-state index contributed by atoms with van der Waals surface area (Å²) in [6.45, 7) is 0. The van der Waals surface area contributed by atoms with E-state index in [1.165, 1.54) is 55.3 Å². The molecule has 0 aliphatic heterocycles. The first kappa shape index (κ1) is 32.9. The smallest absolute Gasteiger partial charge is 0.227 e. The van der Waals surface area contributed by atoms with Gasteiger partial charge in [-0.05, 0) is 110 Å². The Kier molecular flexibility index (Phi) is 7.71. The van der Waals surface area contributed by atoms with E-state index in [-0.39, 0.29) is 0 Å². The van der Waals surface area contributed by atoms with Gasteiger partial charge in [0.05, 0.1) is 5.41 Å². The van der Waals surface area contributed by atoms with Gasteiger partial charge in [-0.2, -0.15) is 0 Å². The molecule has 0 saturated carbocycles. The fourth-order valence-electron chi connectivity index (χ4n) is 9.05. The van der Waals surface area contributed by atoms with E-state index in [1.807, 2.05) is 36.4 Å². The molecule has 0 saturated heterocycles. The van der Waals surface area contributed by atoms with E-state index in [1.54, 1.807) is 0 Å². The van der Waals surface area contributed by atoms with E-state index in [2.05, 4.69) is 187 Å². The Morgan fingerprint density at radius 1 is 0.404 bits per heavy atom. The maximum atomic E-state index is 6.29. The lowest BCUT2D eigenvalue weighted by molar-refractivity contribution is 0.620. The van der Waals surface area contributed by atoms with Gasteiger partial charge < -0.3 is 9.32 Å². The molecule has 1 aliphatic rings. The predicted octanol–water partition coefficient (Wildman–Crippen LogP) is 14.1. The van der Waals surface area contributed by atoms with Crippen molar-refractivity contribution in [1.29, 1.82) is 0 Å². The first-order chi connectivity index (χ1) is 28.3. The van der Waals surface area contributed by atoms with E-state index in [0.29, 0.717) is 5.89 Å². The highest BCUT2D eigenvalue weighted by atomic mass is 16.3. The Balaban J connectivity index is 1.12. The zero-order chi connectivity index (χ0) is 37.8. The molecule has 0 N–H and O–H groups in total. The van der Waals surface area contributed by atoms with Crippen molar-refractivity contribution in [3.8, 4) is 33.7 Å². The van der Waals surface area contributed by atoms with Gasteiger partial charge in [0.15, 0.2) is 5.58 Å². The van der Waals surface area contributed by atoms with Crippen molar-refractivity contribution in [3.05, 3.63) is 241 Å². The van der Waals surface area contributed by atoms with Crippen LogP contribution in [-0.2, 0) is 5.41 Å². The number of aromatic nitrogens is 1. The van der Waals surface area contributed by atoms with E-state index in [0.717, 1.165) is 33.7 Å². The Hall–Kier alpha value is -7.49. The molecule has 11 rings (SSSR count). The number of fused-ring (bicyclic) bond motifs is 5. The maximum Gasteiger partial charge on any atom is 0.227 e. The summed E-state index contributed by atoms with van der Waals surface area (Å²) >= 11 is 0. The van der Waals surface area contributed by atoms with Gasteiger partial charge >= 0.3 is 0 Å². The molecule has 0 unspecified atom stereocenters. The maximum absolute atomic E-state index is 6.29. The van der Waals surface area contributed by atoms with Crippen LogP contribution in [0.1, 0.15) is 22.3 Å². The summed E-state index contributed by atoms with van der Waals surface area (Å²) in [6.07, 6.45) is 0. The molecule has 0 amide bonds. The summed E-state index contributed by atoms with van der Waals surface area (Å²) in [4.78, 5) is 7.34. The molecule has 268 valence electrons. The van der Waals surface area contributed by atoms with Crippen molar-refractivity contribution in [3.63, 3.8) is 0 Å². The number of hydrogen-bond donors (Lipinski definition) is 0. The van der Waals surface area contributed by atoms with Gasteiger partial charge in [-0.25, -0.2) is 4.98 Å². The molecular weight excluding hydrogens is 693 g/mol. The number of oxazole rings is 1. The number of nitrogens with zero attached hydrogens (tertiary/aromatic N) is 2. The third-order valence-corrected chi connectivity index (χ3v) is 11.6. The molecule has 0 bridgehead atoms. The van der Waals surface area contributed by atoms with Crippen LogP contribution in [0.3, 0.4) is 0 Å². The third kappa shape index (κ3) is 5.32. The van der Waals surface area contributed by atoms with Gasteiger partial charge in [0, 0.05) is 22.6 Å².